The van der Waals surface area contributed by atoms with Crippen LogP contribution in [-0.2, 0) is 17.3 Å². The zero-order valence-electron chi connectivity index (χ0n) is 19.0. The minimum Gasteiger partial charge on any atom is -0.508 e. The molecule has 154 valence electrons. The first-order valence-electron chi connectivity index (χ1n) is 10.5. The average molecular weight is 383 g/mol. The van der Waals surface area contributed by atoms with E-state index < -0.39 is 0 Å². The van der Waals surface area contributed by atoms with Gasteiger partial charge in [0.2, 0.25) is 0 Å². The molecule has 0 bridgehead atoms. The molecule has 2 nitrogen and oxygen atoms in total. The molecule has 0 unspecified atom stereocenters. The molecule has 2 rings (SSSR count). The highest BCUT2D eigenvalue weighted by molar-refractivity contribution is 5.52. The number of hydrogen-bond acceptors (Lipinski definition) is 2. The topological polar surface area (TPSA) is 40.5 Å². The van der Waals surface area contributed by atoms with Crippen molar-refractivity contribution >= 4 is 0 Å². The van der Waals surface area contributed by atoms with Crippen molar-refractivity contribution in [2.24, 2.45) is 5.41 Å². The summed E-state index contributed by atoms with van der Waals surface area (Å²) in [5.41, 5.74) is 4.22. The Bertz CT molecular complexity index is 811. The van der Waals surface area contributed by atoms with Crippen molar-refractivity contribution in [1.82, 2.24) is 0 Å². The van der Waals surface area contributed by atoms with Gasteiger partial charge in [-0.1, -0.05) is 86.1 Å². The van der Waals surface area contributed by atoms with Gasteiger partial charge in [0.25, 0.3) is 0 Å². The fourth-order valence-electron chi connectivity index (χ4n) is 3.58. The largest absolute Gasteiger partial charge is 0.508 e. The monoisotopic (exact) mass is 382 g/mol. The van der Waals surface area contributed by atoms with Crippen LogP contribution >= 0.6 is 0 Å². The summed E-state index contributed by atoms with van der Waals surface area (Å²) >= 11 is 0. The van der Waals surface area contributed by atoms with Gasteiger partial charge in [0, 0.05) is 11.0 Å². The van der Waals surface area contributed by atoms with E-state index in [1.165, 1.54) is 5.56 Å². The highest BCUT2D eigenvalue weighted by Gasteiger charge is 2.31. The molecule has 0 aromatic heterocycles. The lowest BCUT2D eigenvalue weighted by Crippen LogP contribution is -2.23. The molecule has 28 heavy (non-hydrogen) atoms. The van der Waals surface area contributed by atoms with E-state index in [1.807, 2.05) is 12.1 Å². The van der Waals surface area contributed by atoms with E-state index in [-0.39, 0.29) is 22.0 Å². The number of rotatable bonds is 7. The van der Waals surface area contributed by atoms with Crippen LogP contribution in [0.15, 0.2) is 36.4 Å². The highest BCUT2D eigenvalue weighted by atomic mass is 16.3. The lowest BCUT2D eigenvalue weighted by atomic mass is 9.72. The summed E-state index contributed by atoms with van der Waals surface area (Å²) in [5, 5.41) is 20.9. The fraction of sp³-hybridized carbons (Fsp3) is 0.538. The summed E-state index contributed by atoms with van der Waals surface area (Å²) in [6.45, 7) is 17.7. The summed E-state index contributed by atoms with van der Waals surface area (Å²) < 4.78 is 0. The molecule has 0 aliphatic heterocycles. The van der Waals surface area contributed by atoms with Crippen LogP contribution in [0, 0.1) is 5.41 Å². The van der Waals surface area contributed by atoms with Crippen LogP contribution in [0.4, 0.5) is 0 Å². The third-order valence-electron chi connectivity index (χ3n) is 6.74. The maximum Gasteiger partial charge on any atom is 0.122 e. The Balaban J connectivity index is 2.69. The zero-order valence-corrected chi connectivity index (χ0v) is 19.0. The lowest BCUT2D eigenvalue weighted by Gasteiger charge is -2.33. The Kier molecular flexibility index (Phi) is 6.23. The van der Waals surface area contributed by atoms with Gasteiger partial charge >= 0.3 is 0 Å². The van der Waals surface area contributed by atoms with Gasteiger partial charge in [-0.3, -0.25) is 0 Å². The van der Waals surface area contributed by atoms with Crippen LogP contribution in [0.3, 0.4) is 0 Å². The van der Waals surface area contributed by atoms with Gasteiger partial charge in [0.15, 0.2) is 0 Å². The average Bonchev–Trinajstić information content (AvgIpc) is 2.63. The van der Waals surface area contributed by atoms with Crippen LogP contribution in [0.1, 0.15) is 90.5 Å². The van der Waals surface area contributed by atoms with E-state index in [1.54, 1.807) is 12.1 Å². The predicted octanol–water partition coefficient (Wildman–Crippen LogP) is 7.09. The standard InChI is InChI=1S/C26H38O2/c1-9-24(3,4)17-18-15-20(16-22(23(18)28)25(5,6)10-2)26(7,8)19-11-13-21(27)14-12-19/h11-16,27-28H,9-10,17H2,1-8H3. The van der Waals surface area contributed by atoms with Gasteiger partial charge in [-0.2, -0.15) is 0 Å². The zero-order chi connectivity index (χ0) is 21.3. The minimum atomic E-state index is -0.231. The molecule has 0 amide bonds. The van der Waals surface area contributed by atoms with E-state index >= 15 is 0 Å². The van der Waals surface area contributed by atoms with Crippen molar-refractivity contribution in [3.05, 3.63) is 58.7 Å². The third kappa shape index (κ3) is 4.54. The Hall–Kier alpha value is -1.96. The maximum atomic E-state index is 11.2. The van der Waals surface area contributed by atoms with Crippen molar-refractivity contribution in [3.8, 4) is 11.5 Å². The van der Waals surface area contributed by atoms with Gasteiger partial charge in [0.05, 0.1) is 0 Å². The van der Waals surface area contributed by atoms with Crippen LogP contribution in [-0.4, -0.2) is 10.2 Å². The smallest absolute Gasteiger partial charge is 0.122 e. The SMILES string of the molecule is CCC(C)(C)Cc1cc(C(C)(C)c2ccc(O)cc2)cc(C(C)(C)CC)c1O. The number of phenols is 2. The normalized spacial score (nSPS) is 13.0. The molecule has 0 heterocycles. The van der Waals surface area contributed by atoms with Crippen molar-refractivity contribution in [2.45, 2.75) is 85.5 Å². The molecule has 0 spiro atoms. The number of phenolic OH excluding ortho intramolecular Hbond substituents is 2. The predicted molar refractivity (Wildman–Crippen MR) is 119 cm³/mol. The third-order valence-corrected chi connectivity index (χ3v) is 6.74. The Morgan fingerprint density at radius 1 is 0.750 bits per heavy atom. The molecule has 2 N–H and O–H groups in total. The second-order valence-corrected chi connectivity index (χ2v) is 10.1. The Morgan fingerprint density at radius 3 is 1.82 bits per heavy atom. The summed E-state index contributed by atoms with van der Waals surface area (Å²) in [6.07, 6.45) is 2.87. The molecule has 0 saturated carbocycles. The minimum absolute atomic E-state index is 0.101. The first kappa shape index (κ1) is 22.3. The number of benzene rings is 2. The Morgan fingerprint density at radius 2 is 1.32 bits per heavy atom. The van der Waals surface area contributed by atoms with Crippen LogP contribution in [0.5, 0.6) is 11.5 Å². The van der Waals surface area contributed by atoms with E-state index in [9.17, 15) is 10.2 Å². The molecular formula is C26H38O2. The van der Waals surface area contributed by atoms with Crippen molar-refractivity contribution in [3.63, 3.8) is 0 Å². The second-order valence-electron chi connectivity index (χ2n) is 10.1. The molecular weight excluding hydrogens is 344 g/mol. The summed E-state index contributed by atoms with van der Waals surface area (Å²) in [5.74, 6) is 0.738. The highest BCUT2D eigenvalue weighted by Crippen LogP contribution is 2.43. The lowest BCUT2D eigenvalue weighted by molar-refractivity contribution is 0.338. The van der Waals surface area contributed by atoms with Gasteiger partial charge in [0.1, 0.15) is 11.5 Å². The van der Waals surface area contributed by atoms with Gasteiger partial charge in [-0.25, -0.2) is 0 Å². The summed E-state index contributed by atoms with van der Waals surface area (Å²) in [7, 11) is 0. The van der Waals surface area contributed by atoms with Crippen molar-refractivity contribution in [2.75, 3.05) is 0 Å². The van der Waals surface area contributed by atoms with E-state index in [4.69, 9.17) is 0 Å². The quantitative estimate of drug-likeness (QED) is 0.536. The van der Waals surface area contributed by atoms with Gasteiger partial charge < -0.3 is 10.2 Å². The molecule has 2 heteroatoms. The number of aromatic hydroxyl groups is 2. The Labute approximate surface area is 171 Å². The molecule has 0 atom stereocenters. The summed E-state index contributed by atoms with van der Waals surface area (Å²) in [6, 6.07) is 11.8. The van der Waals surface area contributed by atoms with Crippen molar-refractivity contribution in [1.29, 1.82) is 0 Å². The van der Waals surface area contributed by atoms with Gasteiger partial charge in [-0.05, 0) is 52.5 Å². The fourth-order valence-corrected chi connectivity index (χ4v) is 3.58. The van der Waals surface area contributed by atoms with Crippen LogP contribution in [0.2, 0.25) is 0 Å². The molecule has 0 aliphatic carbocycles. The van der Waals surface area contributed by atoms with Crippen molar-refractivity contribution < 1.29 is 10.2 Å². The van der Waals surface area contributed by atoms with E-state index in [2.05, 4.69) is 67.5 Å². The maximum absolute atomic E-state index is 11.2. The van der Waals surface area contributed by atoms with Crippen LogP contribution < -0.4 is 0 Å². The second kappa shape index (κ2) is 7.81. The van der Waals surface area contributed by atoms with E-state index in [0.717, 1.165) is 36.0 Å². The van der Waals surface area contributed by atoms with Crippen LogP contribution in [0.25, 0.3) is 0 Å². The summed E-state index contributed by atoms with van der Waals surface area (Å²) in [4.78, 5) is 0. The first-order valence-corrected chi connectivity index (χ1v) is 10.5. The molecule has 0 fully saturated rings. The molecule has 0 radical (unpaired) electrons. The molecule has 0 saturated heterocycles. The molecule has 2 aromatic carbocycles. The molecule has 2 aromatic rings. The van der Waals surface area contributed by atoms with E-state index in [0.29, 0.717) is 5.75 Å². The van der Waals surface area contributed by atoms with Gasteiger partial charge in [-0.15, -0.1) is 0 Å². The number of hydrogen-bond donors (Lipinski definition) is 2. The molecule has 0 aliphatic rings. The first-order chi connectivity index (χ1) is 12.8.